The molecule has 0 radical (unpaired) electrons. The van der Waals surface area contributed by atoms with Gasteiger partial charge < -0.3 is 15.8 Å². The van der Waals surface area contributed by atoms with Gasteiger partial charge in [0.25, 0.3) is 0 Å². The number of rotatable bonds is 2. The summed E-state index contributed by atoms with van der Waals surface area (Å²) in [4.78, 5) is 1.81. The zero-order chi connectivity index (χ0) is 13.8. The SMILES string of the molecule is NC(=NO)N1CCC(Cc2ccc(F)c(F)c2)CC1. The largest absolute Gasteiger partial charge is 0.408 e. The van der Waals surface area contributed by atoms with Crippen LogP contribution >= 0.6 is 0 Å². The van der Waals surface area contributed by atoms with Gasteiger partial charge in [0.05, 0.1) is 0 Å². The van der Waals surface area contributed by atoms with Crippen LogP contribution in [0.15, 0.2) is 23.4 Å². The molecule has 1 fully saturated rings. The fourth-order valence-corrected chi connectivity index (χ4v) is 2.43. The monoisotopic (exact) mass is 269 g/mol. The molecule has 0 amide bonds. The average Bonchev–Trinajstić information content (AvgIpc) is 2.43. The first-order chi connectivity index (χ1) is 9.10. The number of guanidine groups is 1. The van der Waals surface area contributed by atoms with Gasteiger partial charge in [0.15, 0.2) is 11.6 Å². The standard InChI is InChI=1S/C13H17F2N3O/c14-11-2-1-10(8-12(11)15)7-9-3-5-18(6-4-9)13(16)17-19/h1-2,8-9,19H,3-7H2,(H2,16,17). The second kappa shape index (κ2) is 5.86. The maximum Gasteiger partial charge on any atom is 0.233 e. The van der Waals surface area contributed by atoms with Crippen LogP contribution in [0.2, 0.25) is 0 Å². The Bertz CT molecular complexity index is 471. The number of benzene rings is 1. The minimum absolute atomic E-state index is 0.131. The Hall–Kier alpha value is -1.85. The molecule has 1 aliphatic rings. The van der Waals surface area contributed by atoms with E-state index in [1.54, 1.807) is 6.07 Å². The lowest BCUT2D eigenvalue weighted by Crippen LogP contribution is -2.43. The Morgan fingerprint density at radius 2 is 2.00 bits per heavy atom. The topological polar surface area (TPSA) is 61.9 Å². The Morgan fingerprint density at radius 3 is 2.58 bits per heavy atom. The lowest BCUT2D eigenvalue weighted by Gasteiger charge is -2.32. The Balaban J connectivity index is 1.90. The summed E-state index contributed by atoms with van der Waals surface area (Å²) in [5.74, 6) is -1.07. The van der Waals surface area contributed by atoms with E-state index < -0.39 is 11.6 Å². The van der Waals surface area contributed by atoms with E-state index in [4.69, 9.17) is 10.9 Å². The second-order valence-electron chi connectivity index (χ2n) is 4.84. The summed E-state index contributed by atoms with van der Waals surface area (Å²) >= 11 is 0. The Morgan fingerprint density at radius 1 is 1.32 bits per heavy atom. The summed E-state index contributed by atoms with van der Waals surface area (Å²) in [7, 11) is 0. The summed E-state index contributed by atoms with van der Waals surface area (Å²) in [6.07, 6.45) is 2.49. The number of nitrogens with zero attached hydrogens (tertiary/aromatic N) is 2. The van der Waals surface area contributed by atoms with Crippen molar-refractivity contribution in [1.82, 2.24) is 4.90 Å². The lowest BCUT2D eigenvalue weighted by atomic mass is 9.90. The van der Waals surface area contributed by atoms with Crippen molar-refractivity contribution in [3.05, 3.63) is 35.4 Å². The van der Waals surface area contributed by atoms with E-state index in [1.165, 1.54) is 6.07 Å². The first kappa shape index (κ1) is 13.6. The van der Waals surface area contributed by atoms with Gasteiger partial charge in [-0.15, -0.1) is 0 Å². The van der Waals surface area contributed by atoms with Gasteiger partial charge >= 0.3 is 0 Å². The number of nitrogens with two attached hydrogens (primary N) is 1. The van der Waals surface area contributed by atoms with Crippen molar-refractivity contribution in [2.45, 2.75) is 19.3 Å². The molecule has 0 unspecified atom stereocenters. The van der Waals surface area contributed by atoms with E-state index in [-0.39, 0.29) is 5.96 Å². The third-order valence-corrected chi connectivity index (χ3v) is 3.55. The van der Waals surface area contributed by atoms with Crippen LogP contribution in [0, 0.1) is 17.6 Å². The van der Waals surface area contributed by atoms with Crippen molar-refractivity contribution >= 4 is 5.96 Å². The highest BCUT2D eigenvalue weighted by molar-refractivity contribution is 5.77. The lowest BCUT2D eigenvalue weighted by molar-refractivity contribution is 0.244. The van der Waals surface area contributed by atoms with E-state index in [0.29, 0.717) is 19.0 Å². The predicted molar refractivity (Wildman–Crippen MR) is 67.8 cm³/mol. The van der Waals surface area contributed by atoms with Gasteiger partial charge in [-0.25, -0.2) is 8.78 Å². The molecule has 3 N–H and O–H groups in total. The molecule has 1 aromatic carbocycles. The smallest absolute Gasteiger partial charge is 0.233 e. The molecule has 0 aromatic heterocycles. The summed E-state index contributed by atoms with van der Waals surface area (Å²) < 4.78 is 25.9. The molecule has 1 heterocycles. The van der Waals surface area contributed by atoms with Crippen LogP contribution in [-0.4, -0.2) is 29.2 Å². The molecule has 0 saturated carbocycles. The summed E-state index contributed by atoms with van der Waals surface area (Å²) in [6.45, 7) is 1.43. The maximum absolute atomic E-state index is 13.1. The number of hydrogen-bond donors (Lipinski definition) is 2. The highest BCUT2D eigenvalue weighted by Crippen LogP contribution is 2.22. The van der Waals surface area contributed by atoms with Gasteiger partial charge in [0.2, 0.25) is 5.96 Å². The van der Waals surface area contributed by atoms with Crippen molar-refractivity contribution in [3.63, 3.8) is 0 Å². The van der Waals surface area contributed by atoms with Crippen LogP contribution in [0.3, 0.4) is 0 Å². The molecular formula is C13H17F2N3O. The van der Waals surface area contributed by atoms with E-state index >= 15 is 0 Å². The van der Waals surface area contributed by atoms with Crippen LogP contribution < -0.4 is 5.73 Å². The molecule has 1 aromatic rings. The molecule has 104 valence electrons. The van der Waals surface area contributed by atoms with Crippen LogP contribution in [0.5, 0.6) is 0 Å². The number of piperidine rings is 1. The highest BCUT2D eigenvalue weighted by Gasteiger charge is 2.21. The summed E-state index contributed by atoms with van der Waals surface area (Å²) in [6, 6.07) is 4.04. The first-order valence-corrected chi connectivity index (χ1v) is 6.26. The molecule has 4 nitrogen and oxygen atoms in total. The second-order valence-corrected chi connectivity index (χ2v) is 4.84. The van der Waals surface area contributed by atoms with Gasteiger partial charge in [0.1, 0.15) is 0 Å². The third-order valence-electron chi connectivity index (χ3n) is 3.55. The molecule has 1 aliphatic heterocycles. The van der Waals surface area contributed by atoms with E-state index in [9.17, 15) is 8.78 Å². The molecule has 0 atom stereocenters. The molecule has 1 saturated heterocycles. The molecular weight excluding hydrogens is 252 g/mol. The quantitative estimate of drug-likeness (QED) is 0.373. The van der Waals surface area contributed by atoms with E-state index in [0.717, 1.165) is 30.9 Å². The third kappa shape index (κ3) is 3.33. The highest BCUT2D eigenvalue weighted by atomic mass is 19.2. The minimum Gasteiger partial charge on any atom is -0.408 e. The normalized spacial score (nSPS) is 17.8. The van der Waals surface area contributed by atoms with Crippen LogP contribution in [0.4, 0.5) is 8.78 Å². The van der Waals surface area contributed by atoms with Crippen molar-refractivity contribution in [1.29, 1.82) is 0 Å². The summed E-state index contributed by atoms with van der Waals surface area (Å²) in [5, 5.41) is 11.6. The van der Waals surface area contributed by atoms with Gasteiger partial charge in [-0.05, 0) is 42.9 Å². The summed E-state index contributed by atoms with van der Waals surface area (Å²) in [5.41, 5.74) is 6.32. The minimum atomic E-state index is -0.814. The predicted octanol–water partition coefficient (Wildman–Crippen LogP) is 1.92. The maximum atomic E-state index is 13.1. The fourth-order valence-electron chi connectivity index (χ4n) is 2.43. The number of hydrogen-bond acceptors (Lipinski definition) is 2. The van der Waals surface area contributed by atoms with Crippen molar-refractivity contribution in [2.24, 2.45) is 16.8 Å². The van der Waals surface area contributed by atoms with Gasteiger partial charge in [0, 0.05) is 13.1 Å². The van der Waals surface area contributed by atoms with Gasteiger partial charge in [-0.3, -0.25) is 0 Å². The van der Waals surface area contributed by atoms with Crippen LogP contribution in [-0.2, 0) is 6.42 Å². The molecule has 6 heteroatoms. The Labute approximate surface area is 110 Å². The van der Waals surface area contributed by atoms with Crippen LogP contribution in [0.1, 0.15) is 18.4 Å². The Kier molecular flexibility index (Phi) is 4.19. The van der Waals surface area contributed by atoms with Gasteiger partial charge in [-0.2, -0.15) is 0 Å². The van der Waals surface area contributed by atoms with Crippen LogP contribution in [0.25, 0.3) is 0 Å². The number of halogens is 2. The van der Waals surface area contributed by atoms with Crippen molar-refractivity contribution in [3.8, 4) is 0 Å². The average molecular weight is 269 g/mol. The van der Waals surface area contributed by atoms with Crippen molar-refractivity contribution in [2.75, 3.05) is 13.1 Å². The van der Waals surface area contributed by atoms with Gasteiger partial charge in [-0.1, -0.05) is 11.2 Å². The zero-order valence-electron chi connectivity index (χ0n) is 10.5. The molecule has 19 heavy (non-hydrogen) atoms. The first-order valence-electron chi connectivity index (χ1n) is 6.26. The molecule has 0 spiro atoms. The molecule has 0 bridgehead atoms. The number of likely N-dealkylation sites (tertiary alicyclic amines) is 1. The van der Waals surface area contributed by atoms with E-state index in [2.05, 4.69) is 5.16 Å². The fraction of sp³-hybridized carbons (Fsp3) is 0.462. The van der Waals surface area contributed by atoms with Crippen molar-refractivity contribution < 1.29 is 14.0 Å². The zero-order valence-corrected chi connectivity index (χ0v) is 10.5. The molecule has 2 rings (SSSR count). The number of oxime groups is 1. The molecule has 0 aliphatic carbocycles. The van der Waals surface area contributed by atoms with E-state index in [1.807, 2.05) is 4.90 Å².